The summed E-state index contributed by atoms with van der Waals surface area (Å²) in [6.07, 6.45) is 0.500. The molecule has 158 valence electrons. The molecule has 29 heavy (non-hydrogen) atoms. The van der Waals surface area contributed by atoms with Crippen molar-refractivity contribution in [3.8, 4) is 11.4 Å². The van der Waals surface area contributed by atoms with E-state index in [1.54, 1.807) is 12.1 Å². The zero-order valence-electron chi connectivity index (χ0n) is 15.5. The van der Waals surface area contributed by atoms with Crippen LogP contribution in [-0.2, 0) is 6.18 Å². The molecular formula is C19H22ClF3N4O2. The smallest absolute Gasteiger partial charge is 0.349 e. The van der Waals surface area contributed by atoms with E-state index in [1.165, 1.54) is 18.6 Å². The Bertz CT molecular complexity index is 842. The zero-order chi connectivity index (χ0) is 19.9. The van der Waals surface area contributed by atoms with Crippen LogP contribution in [0.1, 0.15) is 48.4 Å². The van der Waals surface area contributed by atoms with Gasteiger partial charge in [0.1, 0.15) is 0 Å². The highest BCUT2D eigenvalue weighted by atomic mass is 35.5. The summed E-state index contributed by atoms with van der Waals surface area (Å²) in [6, 6.07) is 6.47. The van der Waals surface area contributed by atoms with Gasteiger partial charge in [-0.3, -0.25) is 4.79 Å². The summed E-state index contributed by atoms with van der Waals surface area (Å²) in [6.45, 7) is 0. The van der Waals surface area contributed by atoms with Gasteiger partial charge in [-0.1, -0.05) is 23.7 Å². The van der Waals surface area contributed by atoms with Crippen molar-refractivity contribution >= 4 is 18.3 Å². The fourth-order valence-electron chi connectivity index (χ4n) is 4.49. The van der Waals surface area contributed by atoms with Gasteiger partial charge in [0.25, 0.3) is 5.91 Å². The van der Waals surface area contributed by atoms with Crippen LogP contribution in [0.2, 0.25) is 0 Å². The summed E-state index contributed by atoms with van der Waals surface area (Å²) in [4.78, 5) is 16.0. The first kappa shape index (κ1) is 21.6. The molecule has 0 radical (unpaired) electrons. The summed E-state index contributed by atoms with van der Waals surface area (Å²) in [5.41, 5.74) is 6.91. The standard InChI is InChI=1S/C19H21F3N4O2.ClH/c20-19(21,22)18-25-16(26-28-18)10-4-6-11(7-5-10)17(27)24-15-12-2-1-3-13(15)9-14(23)8-12;/h4-7,12-15H,1-3,8-9,23H2,(H,24,27);1H. The third-order valence-electron chi connectivity index (χ3n) is 5.75. The molecule has 1 aromatic heterocycles. The van der Waals surface area contributed by atoms with E-state index in [-0.39, 0.29) is 36.2 Å². The van der Waals surface area contributed by atoms with E-state index in [0.717, 1.165) is 25.7 Å². The number of fused-ring (bicyclic) bond motifs is 2. The highest BCUT2D eigenvalue weighted by Crippen LogP contribution is 2.39. The van der Waals surface area contributed by atoms with E-state index >= 15 is 0 Å². The van der Waals surface area contributed by atoms with Gasteiger partial charge in [0.2, 0.25) is 5.82 Å². The largest absolute Gasteiger partial charge is 0.471 e. The minimum absolute atomic E-state index is 0. The molecular weight excluding hydrogens is 409 g/mol. The van der Waals surface area contributed by atoms with Gasteiger partial charge in [0.15, 0.2) is 0 Å². The number of aromatic nitrogens is 2. The number of amides is 1. The third-order valence-corrected chi connectivity index (χ3v) is 5.75. The molecule has 2 aliphatic carbocycles. The monoisotopic (exact) mass is 430 g/mol. The average molecular weight is 431 g/mol. The highest BCUT2D eigenvalue weighted by Gasteiger charge is 2.40. The number of nitrogens with one attached hydrogen (secondary N) is 1. The summed E-state index contributed by atoms with van der Waals surface area (Å²) >= 11 is 0. The topological polar surface area (TPSA) is 94.0 Å². The lowest BCUT2D eigenvalue weighted by Gasteiger charge is -2.45. The maximum Gasteiger partial charge on any atom is 0.471 e. The van der Waals surface area contributed by atoms with Crippen molar-refractivity contribution < 1.29 is 22.5 Å². The van der Waals surface area contributed by atoms with Crippen molar-refractivity contribution in [2.45, 2.75) is 50.4 Å². The van der Waals surface area contributed by atoms with Crippen LogP contribution in [0.25, 0.3) is 11.4 Å². The SMILES string of the molecule is Cl.NC1CC2CCCC(C1)C2NC(=O)c1ccc(-c2noc(C(F)(F)F)n2)cc1. The van der Waals surface area contributed by atoms with Crippen LogP contribution < -0.4 is 11.1 Å². The number of halogens is 4. The summed E-state index contributed by atoms with van der Waals surface area (Å²) in [7, 11) is 0. The van der Waals surface area contributed by atoms with Gasteiger partial charge < -0.3 is 15.6 Å². The maximum atomic E-state index is 12.7. The number of hydrogen-bond acceptors (Lipinski definition) is 5. The van der Waals surface area contributed by atoms with E-state index in [2.05, 4.69) is 20.0 Å². The Labute approximate surface area is 171 Å². The lowest BCUT2D eigenvalue weighted by Crippen LogP contribution is -2.53. The van der Waals surface area contributed by atoms with Gasteiger partial charge in [0.05, 0.1) is 0 Å². The summed E-state index contributed by atoms with van der Waals surface area (Å²) in [5, 5.41) is 6.50. The first-order valence-corrected chi connectivity index (χ1v) is 9.39. The number of nitrogens with two attached hydrogens (primary N) is 1. The highest BCUT2D eigenvalue weighted by molar-refractivity contribution is 5.94. The van der Waals surface area contributed by atoms with E-state index in [1.807, 2.05) is 0 Å². The lowest BCUT2D eigenvalue weighted by atomic mass is 9.67. The van der Waals surface area contributed by atoms with E-state index < -0.39 is 12.1 Å². The number of alkyl halides is 3. The number of nitrogens with zero attached hydrogens (tertiary/aromatic N) is 2. The molecule has 2 fully saturated rings. The molecule has 2 saturated carbocycles. The van der Waals surface area contributed by atoms with Crippen molar-refractivity contribution in [1.29, 1.82) is 0 Å². The number of hydrogen-bond donors (Lipinski definition) is 2. The molecule has 1 amide bonds. The molecule has 1 aromatic carbocycles. The number of carbonyl (C=O) groups excluding carboxylic acids is 1. The zero-order valence-corrected chi connectivity index (χ0v) is 16.3. The Kier molecular flexibility index (Phi) is 6.19. The third kappa shape index (κ3) is 4.56. The molecule has 0 saturated heterocycles. The quantitative estimate of drug-likeness (QED) is 0.772. The molecule has 0 aliphatic heterocycles. The van der Waals surface area contributed by atoms with Crippen LogP contribution in [0.3, 0.4) is 0 Å². The van der Waals surface area contributed by atoms with Crippen LogP contribution in [0.4, 0.5) is 13.2 Å². The van der Waals surface area contributed by atoms with Crippen molar-refractivity contribution in [2.24, 2.45) is 17.6 Å². The average Bonchev–Trinajstić information content (AvgIpc) is 3.13. The fourth-order valence-corrected chi connectivity index (χ4v) is 4.49. The van der Waals surface area contributed by atoms with Crippen LogP contribution in [-0.4, -0.2) is 28.1 Å². The van der Waals surface area contributed by atoms with Gasteiger partial charge in [-0.05, 0) is 49.7 Å². The minimum atomic E-state index is -4.69. The first-order valence-electron chi connectivity index (χ1n) is 9.39. The molecule has 6 nitrogen and oxygen atoms in total. The Balaban J connectivity index is 0.00000240. The van der Waals surface area contributed by atoms with Crippen LogP contribution in [0, 0.1) is 11.8 Å². The van der Waals surface area contributed by atoms with Gasteiger partial charge in [-0.15, -0.1) is 12.4 Å². The second-order valence-corrected chi connectivity index (χ2v) is 7.68. The van der Waals surface area contributed by atoms with Gasteiger partial charge in [-0.2, -0.15) is 18.2 Å². The van der Waals surface area contributed by atoms with E-state index in [9.17, 15) is 18.0 Å². The fraction of sp³-hybridized carbons (Fsp3) is 0.526. The van der Waals surface area contributed by atoms with Crippen molar-refractivity contribution in [1.82, 2.24) is 15.5 Å². The Hall–Kier alpha value is -2.13. The number of carbonyl (C=O) groups is 1. The number of benzene rings is 1. The predicted molar refractivity (Wildman–Crippen MR) is 101 cm³/mol. The predicted octanol–water partition coefficient (Wildman–Crippen LogP) is 3.81. The minimum Gasteiger partial charge on any atom is -0.349 e. The molecule has 2 bridgehead atoms. The Morgan fingerprint density at radius 1 is 1.14 bits per heavy atom. The van der Waals surface area contributed by atoms with Crippen LogP contribution in [0.5, 0.6) is 0 Å². The molecule has 4 rings (SSSR count). The summed E-state index contributed by atoms with van der Waals surface area (Å²) < 4.78 is 42.0. The molecule has 3 N–H and O–H groups in total. The second-order valence-electron chi connectivity index (χ2n) is 7.68. The summed E-state index contributed by atoms with van der Waals surface area (Å²) in [5.74, 6) is -0.939. The van der Waals surface area contributed by atoms with E-state index in [0.29, 0.717) is 23.0 Å². The molecule has 1 heterocycles. The van der Waals surface area contributed by atoms with Gasteiger partial charge >= 0.3 is 12.1 Å². The maximum absolute atomic E-state index is 12.7. The van der Waals surface area contributed by atoms with Crippen LogP contribution in [0.15, 0.2) is 28.8 Å². The first-order chi connectivity index (χ1) is 13.3. The molecule has 2 aliphatic rings. The molecule has 0 spiro atoms. The van der Waals surface area contributed by atoms with Crippen LogP contribution >= 0.6 is 12.4 Å². The molecule has 10 heteroatoms. The van der Waals surface area contributed by atoms with Crippen molar-refractivity contribution in [3.63, 3.8) is 0 Å². The van der Waals surface area contributed by atoms with Crippen molar-refractivity contribution in [2.75, 3.05) is 0 Å². The second kappa shape index (κ2) is 8.31. The van der Waals surface area contributed by atoms with Gasteiger partial charge in [0, 0.05) is 23.2 Å². The normalized spacial score (nSPS) is 26.5. The molecule has 2 atom stereocenters. The van der Waals surface area contributed by atoms with Gasteiger partial charge in [-0.25, -0.2) is 0 Å². The van der Waals surface area contributed by atoms with Crippen molar-refractivity contribution in [3.05, 3.63) is 35.7 Å². The number of rotatable bonds is 3. The Morgan fingerprint density at radius 3 is 2.31 bits per heavy atom. The van der Waals surface area contributed by atoms with E-state index in [4.69, 9.17) is 5.73 Å². The Morgan fingerprint density at radius 2 is 1.76 bits per heavy atom. The lowest BCUT2D eigenvalue weighted by molar-refractivity contribution is -0.159. The molecule has 2 unspecified atom stereocenters. The molecule has 2 aromatic rings.